The lowest BCUT2D eigenvalue weighted by Crippen LogP contribution is -2.40. The van der Waals surface area contributed by atoms with Crippen LogP contribution in [0.4, 0.5) is 0 Å². The first-order chi connectivity index (χ1) is 8.52. The van der Waals surface area contributed by atoms with E-state index in [1.807, 2.05) is 0 Å². The lowest BCUT2D eigenvalue weighted by Gasteiger charge is -2.24. The van der Waals surface area contributed by atoms with Gasteiger partial charge in [-0.15, -0.1) is 0 Å². The molecule has 0 radical (unpaired) electrons. The van der Waals surface area contributed by atoms with Crippen LogP contribution < -0.4 is 5.32 Å². The zero-order chi connectivity index (χ0) is 13.2. The molecule has 0 bridgehead atoms. The molecule has 2 aliphatic rings. The molecule has 2 rings (SSSR count). The second-order valence-corrected chi connectivity index (χ2v) is 6.92. The summed E-state index contributed by atoms with van der Waals surface area (Å²) in [6, 6.07) is 0.718. The lowest BCUT2D eigenvalue weighted by molar-refractivity contribution is 0.127. The molecule has 0 aromatic carbocycles. The van der Waals surface area contributed by atoms with Gasteiger partial charge in [-0.25, -0.2) is 0 Å². The third-order valence-corrected chi connectivity index (χ3v) is 4.73. The van der Waals surface area contributed by atoms with Crippen LogP contribution in [0.3, 0.4) is 0 Å². The first-order valence-electron chi connectivity index (χ1n) is 7.50. The topological polar surface area (TPSA) is 24.5 Å². The van der Waals surface area contributed by atoms with Gasteiger partial charge in [0.25, 0.3) is 0 Å². The molecule has 0 aromatic heterocycles. The van der Waals surface area contributed by atoms with Crippen molar-refractivity contribution in [1.82, 2.24) is 10.2 Å². The molecule has 2 aliphatic heterocycles. The zero-order valence-electron chi connectivity index (χ0n) is 12.5. The third-order valence-electron chi connectivity index (χ3n) is 4.73. The van der Waals surface area contributed by atoms with Gasteiger partial charge in [0.2, 0.25) is 0 Å². The van der Waals surface area contributed by atoms with E-state index < -0.39 is 0 Å². The Morgan fingerprint density at radius 2 is 2.17 bits per heavy atom. The molecule has 0 aliphatic carbocycles. The maximum absolute atomic E-state index is 5.32. The molecule has 3 heteroatoms. The Hall–Kier alpha value is -0.120. The van der Waals surface area contributed by atoms with Gasteiger partial charge in [0, 0.05) is 25.2 Å². The molecule has 0 amide bonds. The quantitative estimate of drug-likeness (QED) is 0.813. The minimum absolute atomic E-state index is 0.218. The van der Waals surface area contributed by atoms with Crippen molar-refractivity contribution in [2.45, 2.75) is 51.6 Å². The largest absolute Gasteiger partial charge is 0.383 e. The maximum Gasteiger partial charge on any atom is 0.0641 e. The Balaban J connectivity index is 1.75. The SMILES string of the molecule is COCC1(C)CC(CC2CCN(C(C)C)C2)CN1. The van der Waals surface area contributed by atoms with Crippen molar-refractivity contribution in [3.05, 3.63) is 0 Å². The van der Waals surface area contributed by atoms with E-state index in [1.54, 1.807) is 7.11 Å². The molecular weight excluding hydrogens is 224 g/mol. The second-order valence-electron chi connectivity index (χ2n) is 6.92. The molecule has 0 aromatic rings. The average Bonchev–Trinajstić information content (AvgIpc) is 2.87. The Labute approximate surface area is 112 Å². The van der Waals surface area contributed by atoms with E-state index in [9.17, 15) is 0 Å². The number of nitrogens with one attached hydrogen (secondary N) is 1. The number of nitrogens with zero attached hydrogens (tertiary/aromatic N) is 1. The van der Waals surface area contributed by atoms with E-state index in [4.69, 9.17) is 4.74 Å². The second kappa shape index (κ2) is 5.89. The molecule has 3 nitrogen and oxygen atoms in total. The summed E-state index contributed by atoms with van der Waals surface area (Å²) < 4.78 is 5.32. The van der Waals surface area contributed by atoms with Crippen molar-refractivity contribution in [2.75, 3.05) is 33.4 Å². The van der Waals surface area contributed by atoms with Gasteiger partial charge in [0.1, 0.15) is 0 Å². The first-order valence-corrected chi connectivity index (χ1v) is 7.50. The van der Waals surface area contributed by atoms with Gasteiger partial charge in [-0.1, -0.05) is 0 Å². The number of rotatable bonds is 5. The summed E-state index contributed by atoms with van der Waals surface area (Å²) >= 11 is 0. The van der Waals surface area contributed by atoms with Crippen molar-refractivity contribution in [1.29, 1.82) is 0 Å². The molecule has 106 valence electrons. The molecule has 0 spiro atoms. The van der Waals surface area contributed by atoms with Crippen molar-refractivity contribution in [2.24, 2.45) is 11.8 Å². The van der Waals surface area contributed by atoms with Crippen LogP contribution in [0.5, 0.6) is 0 Å². The number of ether oxygens (including phenoxy) is 1. The van der Waals surface area contributed by atoms with Crippen LogP contribution in [0.2, 0.25) is 0 Å². The van der Waals surface area contributed by atoms with Gasteiger partial charge in [0.05, 0.1) is 6.61 Å². The molecule has 2 heterocycles. The smallest absolute Gasteiger partial charge is 0.0641 e. The summed E-state index contributed by atoms with van der Waals surface area (Å²) in [7, 11) is 1.80. The minimum Gasteiger partial charge on any atom is -0.383 e. The minimum atomic E-state index is 0.218. The predicted molar refractivity (Wildman–Crippen MR) is 75.8 cm³/mol. The predicted octanol–water partition coefficient (Wildman–Crippen LogP) is 2.12. The fraction of sp³-hybridized carbons (Fsp3) is 1.00. The van der Waals surface area contributed by atoms with Crippen LogP contribution in [0.25, 0.3) is 0 Å². The monoisotopic (exact) mass is 254 g/mol. The summed E-state index contributed by atoms with van der Waals surface area (Å²) in [6.07, 6.45) is 4.07. The van der Waals surface area contributed by atoms with Crippen molar-refractivity contribution >= 4 is 0 Å². The standard InChI is InChI=1S/C15H30N2O/c1-12(2)17-6-5-13(10-17)7-14-8-15(3,11-18-4)16-9-14/h12-14,16H,5-11H2,1-4H3. The van der Waals surface area contributed by atoms with Gasteiger partial charge in [-0.3, -0.25) is 0 Å². The fourth-order valence-corrected chi connectivity index (χ4v) is 3.76. The van der Waals surface area contributed by atoms with Gasteiger partial charge >= 0.3 is 0 Å². The Morgan fingerprint density at radius 3 is 2.78 bits per heavy atom. The molecule has 1 N–H and O–H groups in total. The summed E-state index contributed by atoms with van der Waals surface area (Å²) in [6.45, 7) is 11.6. The molecule has 2 saturated heterocycles. The van der Waals surface area contributed by atoms with Crippen molar-refractivity contribution in [3.8, 4) is 0 Å². The van der Waals surface area contributed by atoms with Crippen LogP contribution in [0.15, 0.2) is 0 Å². The number of methoxy groups -OCH3 is 1. The zero-order valence-corrected chi connectivity index (χ0v) is 12.5. The van der Waals surface area contributed by atoms with E-state index in [-0.39, 0.29) is 5.54 Å². The van der Waals surface area contributed by atoms with Crippen LogP contribution in [0, 0.1) is 11.8 Å². The summed E-state index contributed by atoms with van der Waals surface area (Å²) in [4.78, 5) is 2.63. The van der Waals surface area contributed by atoms with Crippen LogP contribution in [-0.4, -0.2) is 49.8 Å². The van der Waals surface area contributed by atoms with E-state index in [2.05, 4.69) is 31.0 Å². The summed E-state index contributed by atoms with van der Waals surface area (Å²) in [5, 5.41) is 3.65. The van der Waals surface area contributed by atoms with Gasteiger partial charge in [-0.2, -0.15) is 0 Å². The van der Waals surface area contributed by atoms with Crippen LogP contribution in [-0.2, 0) is 4.74 Å². The number of hydrogen-bond donors (Lipinski definition) is 1. The number of likely N-dealkylation sites (tertiary alicyclic amines) is 1. The lowest BCUT2D eigenvalue weighted by atomic mass is 9.88. The summed E-state index contributed by atoms with van der Waals surface area (Å²) in [5.74, 6) is 1.77. The highest BCUT2D eigenvalue weighted by Crippen LogP contribution is 2.32. The third kappa shape index (κ3) is 3.46. The molecule has 18 heavy (non-hydrogen) atoms. The Bertz CT molecular complexity index is 269. The maximum atomic E-state index is 5.32. The first kappa shape index (κ1) is 14.3. The Kier molecular flexibility index (Phi) is 4.68. The number of hydrogen-bond acceptors (Lipinski definition) is 3. The highest BCUT2D eigenvalue weighted by atomic mass is 16.5. The van der Waals surface area contributed by atoms with Crippen LogP contribution in [0.1, 0.15) is 40.0 Å². The highest BCUT2D eigenvalue weighted by Gasteiger charge is 2.36. The molecular formula is C15H30N2O. The molecule has 3 unspecified atom stereocenters. The van der Waals surface area contributed by atoms with E-state index in [0.29, 0.717) is 0 Å². The van der Waals surface area contributed by atoms with Gasteiger partial charge < -0.3 is 15.0 Å². The van der Waals surface area contributed by atoms with Crippen LogP contribution >= 0.6 is 0 Å². The average molecular weight is 254 g/mol. The van der Waals surface area contributed by atoms with E-state index >= 15 is 0 Å². The molecule has 3 atom stereocenters. The Morgan fingerprint density at radius 1 is 1.39 bits per heavy atom. The molecule has 2 fully saturated rings. The van der Waals surface area contributed by atoms with E-state index in [1.165, 1.54) is 38.9 Å². The van der Waals surface area contributed by atoms with Crippen molar-refractivity contribution < 1.29 is 4.74 Å². The highest BCUT2D eigenvalue weighted by molar-refractivity contribution is 4.94. The molecule has 0 saturated carbocycles. The van der Waals surface area contributed by atoms with Crippen molar-refractivity contribution in [3.63, 3.8) is 0 Å². The fourth-order valence-electron chi connectivity index (χ4n) is 3.76. The van der Waals surface area contributed by atoms with Gasteiger partial charge in [0.15, 0.2) is 0 Å². The normalized spacial score (nSPS) is 37.8. The summed E-state index contributed by atoms with van der Waals surface area (Å²) in [5.41, 5.74) is 0.218. The van der Waals surface area contributed by atoms with E-state index in [0.717, 1.165) is 24.5 Å². The van der Waals surface area contributed by atoms with Gasteiger partial charge in [-0.05, 0) is 65.0 Å².